The van der Waals surface area contributed by atoms with E-state index in [0.717, 1.165) is 43.4 Å². The summed E-state index contributed by atoms with van der Waals surface area (Å²) in [7, 11) is -3.70. The summed E-state index contributed by atoms with van der Waals surface area (Å²) >= 11 is 0. The van der Waals surface area contributed by atoms with Gasteiger partial charge in [0.25, 0.3) is 0 Å². The third-order valence-corrected chi connectivity index (χ3v) is 9.31. The molecule has 0 radical (unpaired) electrons. The van der Waals surface area contributed by atoms with Crippen molar-refractivity contribution in [1.29, 1.82) is 0 Å². The van der Waals surface area contributed by atoms with Gasteiger partial charge in [0.1, 0.15) is 0 Å². The zero-order valence-corrected chi connectivity index (χ0v) is 20.7. The molecule has 1 saturated carbocycles. The maximum absolute atomic E-state index is 13.4. The highest BCUT2D eigenvalue weighted by Crippen LogP contribution is 2.35. The molecule has 0 unspecified atom stereocenters. The lowest BCUT2D eigenvalue weighted by molar-refractivity contribution is -0.127. The number of amides is 2. The van der Waals surface area contributed by atoms with E-state index in [2.05, 4.69) is 5.32 Å². The van der Waals surface area contributed by atoms with Crippen LogP contribution >= 0.6 is 0 Å². The maximum Gasteiger partial charge on any atom is 0.243 e. The van der Waals surface area contributed by atoms with E-state index in [1.165, 1.54) is 30.5 Å². The number of benzene rings is 1. The molecule has 8 heteroatoms. The van der Waals surface area contributed by atoms with Crippen molar-refractivity contribution in [3.63, 3.8) is 0 Å². The molecule has 4 rings (SSSR count). The molecule has 2 amide bonds. The van der Waals surface area contributed by atoms with E-state index in [4.69, 9.17) is 0 Å². The fourth-order valence-corrected chi connectivity index (χ4v) is 7.27. The Morgan fingerprint density at radius 3 is 2.39 bits per heavy atom. The van der Waals surface area contributed by atoms with Gasteiger partial charge in [0.2, 0.25) is 21.8 Å². The average molecular weight is 476 g/mol. The van der Waals surface area contributed by atoms with Gasteiger partial charge in [-0.3, -0.25) is 9.59 Å². The molecule has 1 aromatic rings. The molecule has 1 saturated heterocycles. The Morgan fingerprint density at radius 1 is 1.00 bits per heavy atom. The SMILES string of the molecule is CC(=O)N1c2ccc(S(=O)(=O)N3CCC[C@H](C(=O)NC4CCCCCCC4)C3)cc2C[C@H]1C. The molecule has 2 aliphatic heterocycles. The number of carbonyl (C=O) groups excluding carboxylic acids is 2. The molecule has 2 heterocycles. The maximum atomic E-state index is 13.4. The van der Waals surface area contributed by atoms with Crippen LogP contribution in [0.15, 0.2) is 23.1 Å². The van der Waals surface area contributed by atoms with Crippen molar-refractivity contribution in [1.82, 2.24) is 9.62 Å². The number of sulfonamides is 1. The Balaban J connectivity index is 1.45. The first-order chi connectivity index (χ1) is 15.8. The van der Waals surface area contributed by atoms with Crippen LogP contribution in [0, 0.1) is 5.92 Å². The fourth-order valence-electron chi connectivity index (χ4n) is 5.69. The van der Waals surface area contributed by atoms with E-state index < -0.39 is 10.0 Å². The molecule has 33 heavy (non-hydrogen) atoms. The number of hydrogen-bond donors (Lipinski definition) is 1. The highest BCUT2D eigenvalue weighted by molar-refractivity contribution is 7.89. The summed E-state index contributed by atoms with van der Waals surface area (Å²) in [5.41, 5.74) is 1.68. The molecule has 3 aliphatic rings. The number of rotatable bonds is 4. The van der Waals surface area contributed by atoms with Crippen molar-refractivity contribution in [2.24, 2.45) is 5.92 Å². The topological polar surface area (TPSA) is 86.8 Å². The van der Waals surface area contributed by atoms with Crippen LogP contribution in [0.4, 0.5) is 5.69 Å². The summed E-state index contributed by atoms with van der Waals surface area (Å²) in [5, 5.41) is 3.22. The summed E-state index contributed by atoms with van der Waals surface area (Å²) < 4.78 is 28.4. The van der Waals surface area contributed by atoms with Crippen molar-refractivity contribution in [2.75, 3.05) is 18.0 Å². The predicted octanol–water partition coefficient (Wildman–Crippen LogP) is 3.61. The molecular formula is C25H37N3O4S. The van der Waals surface area contributed by atoms with E-state index in [9.17, 15) is 18.0 Å². The predicted molar refractivity (Wildman–Crippen MR) is 129 cm³/mol. The van der Waals surface area contributed by atoms with Crippen LogP contribution in [0.5, 0.6) is 0 Å². The highest BCUT2D eigenvalue weighted by atomic mass is 32.2. The molecule has 0 spiro atoms. The Hall–Kier alpha value is -1.93. The lowest BCUT2D eigenvalue weighted by Gasteiger charge is -2.32. The number of nitrogens with one attached hydrogen (secondary N) is 1. The number of hydrogen-bond acceptors (Lipinski definition) is 4. The van der Waals surface area contributed by atoms with Gasteiger partial charge in [0, 0.05) is 37.8 Å². The smallest absolute Gasteiger partial charge is 0.243 e. The number of fused-ring (bicyclic) bond motifs is 1. The first kappa shape index (κ1) is 24.2. The van der Waals surface area contributed by atoms with Crippen LogP contribution in [0.1, 0.15) is 77.2 Å². The van der Waals surface area contributed by atoms with Gasteiger partial charge in [-0.15, -0.1) is 0 Å². The molecule has 0 aromatic heterocycles. The molecule has 1 N–H and O–H groups in total. The normalized spacial score (nSPS) is 25.2. The second kappa shape index (κ2) is 10.1. The van der Waals surface area contributed by atoms with Gasteiger partial charge < -0.3 is 10.2 Å². The van der Waals surface area contributed by atoms with Gasteiger partial charge in [-0.05, 0) is 62.8 Å². The van der Waals surface area contributed by atoms with Crippen molar-refractivity contribution >= 4 is 27.5 Å². The highest BCUT2D eigenvalue weighted by Gasteiger charge is 2.36. The Kier molecular flexibility index (Phi) is 7.43. The van der Waals surface area contributed by atoms with E-state index in [-0.39, 0.29) is 41.3 Å². The molecule has 1 aromatic carbocycles. The fraction of sp³-hybridized carbons (Fsp3) is 0.680. The van der Waals surface area contributed by atoms with Gasteiger partial charge in [0.05, 0.1) is 10.8 Å². The van der Waals surface area contributed by atoms with Crippen molar-refractivity contribution in [3.05, 3.63) is 23.8 Å². The third kappa shape index (κ3) is 5.27. The monoisotopic (exact) mass is 475 g/mol. The lowest BCUT2D eigenvalue weighted by Crippen LogP contribution is -2.47. The number of piperidine rings is 1. The minimum absolute atomic E-state index is 0.000326. The summed E-state index contributed by atoms with van der Waals surface area (Å²) in [6.45, 7) is 4.17. The zero-order chi connectivity index (χ0) is 23.6. The Labute approximate surface area is 198 Å². The van der Waals surface area contributed by atoms with E-state index in [1.54, 1.807) is 23.1 Å². The van der Waals surface area contributed by atoms with Crippen LogP contribution < -0.4 is 10.2 Å². The molecular weight excluding hydrogens is 438 g/mol. The Morgan fingerprint density at radius 2 is 1.70 bits per heavy atom. The summed E-state index contributed by atoms with van der Waals surface area (Å²) in [6, 6.07) is 5.29. The zero-order valence-electron chi connectivity index (χ0n) is 19.9. The van der Waals surface area contributed by atoms with E-state index in [1.807, 2.05) is 6.92 Å². The summed E-state index contributed by atoms with van der Waals surface area (Å²) in [4.78, 5) is 27.0. The van der Waals surface area contributed by atoms with Gasteiger partial charge >= 0.3 is 0 Å². The van der Waals surface area contributed by atoms with Gasteiger partial charge in [-0.1, -0.05) is 32.1 Å². The first-order valence-electron chi connectivity index (χ1n) is 12.5. The van der Waals surface area contributed by atoms with Crippen LogP contribution in [-0.4, -0.2) is 49.7 Å². The van der Waals surface area contributed by atoms with Gasteiger partial charge in [0.15, 0.2) is 0 Å². The second-order valence-corrected chi connectivity index (χ2v) is 11.9. The number of nitrogens with zero attached hydrogens (tertiary/aromatic N) is 2. The molecule has 2 atom stereocenters. The van der Waals surface area contributed by atoms with E-state index >= 15 is 0 Å². The quantitative estimate of drug-likeness (QED) is 0.721. The summed E-state index contributed by atoms with van der Waals surface area (Å²) in [6.07, 6.45) is 10.1. The lowest BCUT2D eigenvalue weighted by atomic mass is 9.94. The van der Waals surface area contributed by atoms with E-state index in [0.29, 0.717) is 19.4 Å². The van der Waals surface area contributed by atoms with Crippen molar-refractivity contribution in [2.45, 2.75) is 95.0 Å². The second-order valence-electron chi connectivity index (χ2n) is 9.99. The van der Waals surface area contributed by atoms with Gasteiger partial charge in [-0.25, -0.2) is 8.42 Å². The number of anilines is 1. The van der Waals surface area contributed by atoms with Gasteiger partial charge in [-0.2, -0.15) is 4.31 Å². The largest absolute Gasteiger partial charge is 0.353 e. The first-order valence-corrected chi connectivity index (χ1v) is 13.9. The standard InChI is InChI=1S/C25H37N3O4S/c1-18-15-21-16-23(12-13-24(21)28(18)19(2)29)33(31,32)27-14-8-9-20(17-27)25(30)26-22-10-6-4-3-5-7-11-22/h12-13,16,18,20,22H,3-11,14-15,17H2,1-2H3,(H,26,30)/t18-,20+/m1/s1. The van der Waals surface area contributed by atoms with Crippen molar-refractivity contribution < 1.29 is 18.0 Å². The minimum Gasteiger partial charge on any atom is -0.353 e. The Bertz CT molecular complexity index is 985. The molecule has 182 valence electrons. The minimum atomic E-state index is -3.70. The van der Waals surface area contributed by atoms with Crippen LogP contribution in [0.25, 0.3) is 0 Å². The number of carbonyl (C=O) groups is 2. The molecule has 0 bridgehead atoms. The van der Waals surface area contributed by atoms with Crippen molar-refractivity contribution in [3.8, 4) is 0 Å². The average Bonchev–Trinajstić information content (AvgIpc) is 3.10. The summed E-state index contributed by atoms with van der Waals surface area (Å²) in [5.74, 6) is -0.340. The van der Waals surface area contributed by atoms with Crippen LogP contribution in [-0.2, 0) is 26.0 Å². The van der Waals surface area contributed by atoms with Crippen LogP contribution in [0.2, 0.25) is 0 Å². The molecule has 1 aliphatic carbocycles. The third-order valence-electron chi connectivity index (χ3n) is 7.45. The van der Waals surface area contributed by atoms with Crippen LogP contribution in [0.3, 0.4) is 0 Å². The molecule has 2 fully saturated rings. The molecule has 7 nitrogen and oxygen atoms in total.